The van der Waals surface area contributed by atoms with E-state index in [4.69, 9.17) is 0 Å². The zero-order valence-corrected chi connectivity index (χ0v) is 21.4. The van der Waals surface area contributed by atoms with Gasteiger partial charge in [0.15, 0.2) is 59.1 Å². The van der Waals surface area contributed by atoms with Crippen LogP contribution in [0, 0.1) is 0 Å². The van der Waals surface area contributed by atoms with Gasteiger partial charge in [-0.15, -0.1) is 0 Å². The molecule has 108 valence electrons. The zero-order valence-electron chi connectivity index (χ0n) is 12.9. The van der Waals surface area contributed by atoms with Crippen molar-refractivity contribution in [2.75, 3.05) is 42.3 Å². The van der Waals surface area contributed by atoms with Crippen molar-refractivity contribution in [3.05, 3.63) is 0 Å². The SMILES string of the molecule is CN1[SiH2]N(C)[SiH2]N(C)[SiH2]N(C)[SiH2]N(C)[SiH2]N(C)[SiH2]1. The Morgan fingerprint density at radius 3 is 0.556 bits per heavy atom. The Labute approximate surface area is 127 Å². The molecule has 0 amide bonds. The van der Waals surface area contributed by atoms with Crippen LogP contribution in [0.2, 0.25) is 0 Å². The lowest BCUT2D eigenvalue weighted by atomic mass is 11.6. The summed E-state index contributed by atoms with van der Waals surface area (Å²) in [7, 11) is 13.4. The molecule has 1 saturated heterocycles. The van der Waals surface area contributed by atoms with Crippen molar-refractivity contribution in [1.82, 2.24) is 25.4 Å². The lowest BCUT2D eigenvalue weighted by molar-refractivity contribution is 0.600. The molecule has 0 bridgehead atoms. The molecule has 0 aromatic carbocycles. The van der Waals surface area contributed by atoms with Gasteiger partial charge in [0, 0.05) is 0 Å². The second-order valence-electron chi connectivity index (χ2n) is 5.98. The molecule has 0 aromatic rings. The summed E-state index contributed by atoms with van der Waals surface area (Å²) in [6.45, 7) is 0. The average molecular weight is 355 g/mol. The van der Waals surface area contributed by atoms with Crippen LogP contribution in [0.1, 0.15) is 0 Å². The first-order valence-corrected chi connectivity index (χ1v) is 14.1. The standard InChI is InChI=1S/C6H30N6Si6/c1-7-13-8(2)15-10(4)17-12(6)18-11(5)16-9(3)14-7/h13-18H2,1-6H3. The molecule has 0 saturated carbocycles. The first-order valence-electron chi connectivity index (χ1n) is 6.48. The van der Waals surface area contributed by atoms with Gasteiger partial charge < -0.3 is 25.4 Å². The maximum atomic E-state index is 2.72. The van der Waals surface area contributed by atoms with Crippen molar-refractivity contribution < 1.29 is 0 Å². The van der Waals surface area contributed by atoms with Gasteiger partial charge in [0.1, 0.15) is 0 Å². The minimum Gasteiger partial charge on any atom is -0.335 e. The molecule has 1 fully saturated rings. The minimum atomic E-state index is -0.136. The molecular formula is C6H30N6Si6. The van der Waals surface area contributed by atoms with Gasteiger partial charge in [0.05, 0.1) is 0 Å². The molecule has 1 rings (SSSR count). The molecule has 0 N–H and O–H groups in total. The third-order valence-electron chi connectivity index (χ3n) is 2.90. The van der Waals surface area contributed by atoms with Crippen LogP contribution >= 0.6 is 0 Å². The van der Waals surface area contributed by atoms with Crippen molar-refractivity contribution in [3.8, 4) is 0 Å². The first kappa shape index (κ1) is 17.1. The second-order valence-corrected chi connectivity index (χ2v) is 26.0. The Kier molecular flexibility index (Phi) is 7.96. The molecule has 1 aliphatic heterocycles. The number of hydrogen-bond acceptors (Lipinski definition) is 6. The fraction of sp³-hybridized carbons (Fsp3) is 1.00. The third kappa shape index (κ3) is 7.01. The van der Waals surface area contributed by atoms with Crippen LogP contribution in [-0.4, -0.2) is 127 Å². The highest BCUT2D eigenvalue weighted by Gasteiger charge is 2.16. The van der Waals surface area contributed by atoms with E-state index in [0.29, 0.717) is 0 Å². The van der Waals surface area contributed by atoms with Crippen molar-refractivity contribution in [1.29, 1.82) is 0 Å². The summed E-state index contributed by atoms with van der Waals surface area (Å²) >= 11 is 0. The van der Waals surface area contributed by atoms with Gasteiger partial charge in [-0.2, -0.15) is 0 Å². The van der Waals surface area contributed by atoms with Gasteiger partial charge >= 0.3 is 0 Å². The lowest BCUT2D eigenvalue weighted by Crippen LogP contribution is -2.57. The first-order chi connectivity index (χ1) is 8.36. The van der Waals surface area contributed by atoms with Gasteiger partial charge in [-0.3, -0.25) is 0 Å². The quantitative estimate of drug-likeness (QED) is 0.400. The summed E-state index contributed by atoms with van der Waals surface area (Å²) in [6.07, 6.45) is 0. The Hall–Kier alpha value is 1.06. The van der Waals surface area contributed by atoms with Crippen LogP contribution in [0.4, 0.5) is 0 Å². The average Bonchev–Trinajstić information content (AvgIpc) is 2.12. The molecule has 0 radical (unpaired) electrons. The summed E-state index contributed by atoms with van der Waals surface area (Å²) in [6, 6.07) is 0. The van der Waals surface area contributed by atoms with Gasteiger partial charge in [-0.25, -0.2) is 0 Å². The van der Waals surface area contributed by atoms with Crippen LogP contribution < -0.4 is 0 Å². The highest BCUT2D eigenvalue weighted by Crippen LogP contribution is 1.92. The van der Waals surface area contributed by atoms with Crippen molar-refractivity contribution in [3.63, 3.8) is 0 Å². The Morgan fingerprint density at radius 2 is 0.444 bits per heavy atom. The third-order valence-corrected chi connectivity index (χ3v) is 15.9. The van der Waals surface area contributed by atoms with Gasteiger partial charge in [-0.1, -0.05) is 0 Å². The minimum absolute atomic E-state index is 0.136. The molecule has 0 aromatic heterocycles. The fourth-order valence-electron chi connectivity index (χ4n) is 2.74. The summed E-state index contributed by atoms with van der Waals surface area (Å²) in [4.78, 5) is 0. The Bertz CT molecular complexity index is 175. The van der Waals surface area contributed by atoms with Gasteiger partial charge in [-0.05, 0) is 42.3 Å². The normalized spacial score (nSPS) is 35.0. The lowest BCUT2D eigenvalue weighted by Gasteiger charge is -2.35. The molecule has 0 atom stereocenters. The van der Waals surface area contributed by atoms with E-state index in [1.165, 1.54) is 0 Å². The fourth-order valence-corrected chi connectivity index (χ4v) is 27.2. The van der Waals surface area contributed by atoms with Crippen molar-refractivity contribution >= 4 is 59.1 Å². The monoisotopic (exact) mass is 354 g/mol. The molecule has 0 aliphatic carbocycles. The van der Waals surface area contributed by atoms with Crippen LogP contribution in [0.25, 0.3) is 0 Å². The Balaban J connectivity index is 2.60. The van der Waals surface area contributed by atoms with Gasteiger partial charge in [0.25, 0.3) is 0 Å². The molecule has 0 unspecified atom stereocenters. The molecule has 1 heterocycles. The number of rotatable bonds is 0. The maximum Gasteiger partial charge on any atom is 0.160 e. The van der Waals surface area contributed by atoms with E-state index in [-0.39, 0.29) is 59.1 Å². The molecule has 6 nitrogen and oxygen atoms in total. The van der Waals surface area contributed by atoms with Crippen LogP contribution in [-0.2, 0) is 0 Å². The number of hydrogen-bond donors (Lipinski definition) is 0. The predicted molar refractivity (Wildman–Crippen MR) is 97.8 cm³/mol. The second kappa shape index (κ2) is 8.37. The highest BCUT2D eigenvalue weighted by molar-refractivity contribution is 6.64. The van der Waals surface area contributed by atoms with E-state index in [1.54, 1.807) is 0 Å². The van der Waals surface area contributed by atoms with Crippen LogP contribution in [0.3, 0.4) is 0 Å². The number of nitrogens with zero attached hydrogens (tertiary/aromatic N) is 6. The predicted octanol–water partition coefficient (Wildman–Crippen LogP) is -6.42. The zero-order chi connectivity index (χ0) is 13.7. The Morgan fingerprint density at radius 1 is 0.333 bits per heavy atom. The van der Waals surface area contributed by atoms with E-state index in [0.717, 1.165) is 0 Å². The largest absolute Gasteiger partial charge is 0.335 e. The van der Waals surface area contributed by atoms with Crippen LogP contribution in [0.15, 0.2) is 0 Å². The topological polar surface area (TPSA) is 19.4 Å². The maximum absolute atomic E-state index is 2.72. The van der Waals surface area contributed by atoms with E-state index in [9.17, 15) is 0 Å². The molecule has 0 spiro atoms. The molecule has 12 heteroatoms. The van der Waals surface area contributed by atoms with Gasteiger partial charge in [0.2, 0.25) is 0 Å². The summed E-state index contributed by atoms with van der Waals surface area (Å²) in [5.41, 5.74) is 0. The molecule has 1 aliphatic rings. The van der Waals surface area contributed by atoms with E-state index in [1.807, 2.05) is 0 Å². The highest BCUT2D eigenvalue weighted by atomic mass is 28.4. The molecular weight excluding hydrogens is 325 g/mol. The summed E-state index contributed by atoms with van der Waals surface area (Å²) in [5.74, 6) is 0. The smallest absolute Gasteiger partial charge is 0.160 e. The van der Waals surface area contributed by atoms with Crippen molar-refractivity contribution in [2.45, 2.75) is 0 Å². The van der Waals surface area contributed by atoms with Crippen molar-refractivity contribution in [2.24, 2.45) is 0 Å². The van der Waals surface area contributed by atoms with E-state index in [2.05, 4.69) is 67.7 Å². The van der Waals surface area contributed by atoms with E-state index >= 15 is 0 Å². The summed E-state index contributed by atoms with van der Waals surface area (Å²) < 4.78 is 16.3. The molecule has 18 heavy (non-hydrogen) atoms. The summed E-state index contributed by atoms with van der Waals surface area (Å²) in [5, 5.41) is 0. The van der Waals surface area contributed by atoms with Crippen LogP contribution in [0.5, 0.6) is 0 Å². The van der Waals surface area contributed by atoms with E-state index < -0.39 is 0 Å².